The minimum atomic E-state index is -3.25. The number of benzene rings is 2. The van der Waals surface area contributed by atoms with Gasteiger partial charge in [0.2, 0.25) is 10.0 Å². The molecule has 2 aliphatic heterocycles. The van der Waals surface area contributed by atoms with Crippen LogP contribution in [0.3, 0.4) is 0 Å². The monoisotopic (exact) mass is 370 g/mol. The van der Waals surface area contributed by atoms with E-state index in [0.29, 0.717) is 24.2 Å². The maximum Gasteiger partial charge on any atom is 0.254 e. The zero-order valence-corrected chi connectivity index (χ0v) is 15.4. The first-order valence-electron chi connectivity index (χ1n) is 9.03. The zero-order chi connectivity index (χ0) is 18.1. The van der Waals surface area contributed by atoms with Crippen LogP contribution < -0.4 is 4.31 Å². The molecule has 2 aromatic rings. The molecule has 6 heteroatoms. The van der Waals surface area contributed by atoms with Crippen molar-refractivity contribution in [3.05, 3.63) is 65.7 Å². The predicted octanol–water partition coefficient (Wildman–Crippen LogP) is 3.20. The average molecular weight is 370 g/mol. The highest BCUT2D eigenvalue weighted by atomic mass is 32.2. The number of nitrogens with zero attached hydrogens (tertiary/aromatic N) is 2. The third kappa shape index (κ3) is 3.09. The summed E-state index contributed by atoms with van der Waals surface area (Å²) in [5, 5.41) is 0. The summed E-state index contributed by atoms with van der Waals surface area (Å²) < 4.78 is 25.8. The maximum atomic E-state index is 13.1. The number of carbonyl (C=O) groups is 1. The molecule has 0 radical (unpaired) electrons. The van der Waals surface area contributed by atoms with Crippen LogP contribution in [0, 0.1) is 0 Å². The summed E-state index contributed by atoms with van der Waals surface area (Å²) in [5.74, 6) is 0.141. The van der Waals surface area contributed by atoms with E-state index >= 15 is 0 Å². The van der Waals surface area contributed by atoms with Gasteiger partial charge < -0.3 is 4.90 Å². The van der Waals surface area contributed by atoms with Crippen LogP contribution in [-0.2, 0) is 10.0 Å². The smallest absolute Gasteiger partial charge is 0.254 e. The van der Waals surface area contributed by atoms with Gasteiger partial charge in [0.15, 0.2) is 0 Å². The fraction of sp³-hybridized carbons (Fsp3) is 0.350. The molecule has 0 aromatic heterocycles. The number of likely N-dealkylation sites (tertiary alicyclic amines) is 1. The first-order chi connectivity index (χ1) is 12.6. The van der Waals surface area contributed by atoms with Crippen LogP contribution in [-0.4, -0.2) is 38.1 Å². The number of sulfonamides is 1. The van der Waals surface area contributed by atoms with Crippen LogP contribution in [0.4, 0.5) is 5.69 Å². The summed E-state index contributed by atoms with van der Waals surface area (Å²) in [6, 6.07) is 17.2. The molecule has 1 unspecified atom stereocenters. The van der Waals surface area contributed by atoms with Crippen LogP contribution in [0.25, 0.3) is 0 Å². The summed E-state index contributed by atoms with van der Waals surface area (Å²) in [6.07, 6.45) is 2.56. The van der Waals surface area contributed by atoms with Crippen LogP contribution in [0.5, 0.6) is 0 Å². The number of anilines is 1. The molecule has 1 amide bonds. The van der Waals surface area contributed by atoms with Gasteiger partial charge in [0, 0.05) is 18.7 Å². The van der Waals surface area contributed by atoms with Gasteiger partial charge in [-0.05, 0) is 43.0 Å². The van der Waals surface area contributed by atoms with Crippen molar-refractivity contribution < 1.29 is 13.2 Å². The lowest BCUT2D eigenvalue weighted by atomic mass is 10.0. The fourth-order valence-corrected chi connectivity index (χ4v) is 5.48. The Balaban J connectivity index is 1.61. The summed E-state index contributed by atoms with van der Waals surface area (Å²) >= 11 is 0. The van der Waals surface area contributed by atoms with E-state index in [2.05, 4.69) is 12.1 Å². The van der Waals surface area contributed by atoms with E-state index in [1.165, 1.54) is 4.31 Å². The number of hydrogen-bond acceptors (Lipinski definition) is 3. The normalized spacial score (nSPS) is 21.9. The zero-order valence-electron chi connectivity index (χ0n) is 14.5. The second-order valence-electron chi connectivity index (χ2n) is 6.86. The first-order valence-corrected chi connectivity index (χ1v) is 10.6. The Hall–Kier alpha value is -2.34. The Morgan fingerprint density at radius 2 is 1.77 bits per heavy atom. The molecule has 2 aliphatic rings. The molecule has 136 valence electrons. The topological polar surface area (TPSA) is 57.7 Å². The van der Waals surface area contributed by atoms with Crippen molar-refractivity contribution in [2.75, 3.05) is 23.1 Å². The third-order valence-electron chi connectivity index (χ3n) is 5.18. The summed E-state index contributed by atoms with van der Waals surface area (Å²) in [6.45, 7) is 1.21. The second-order valence-corrected chi connectivity index (χ2v) is 8.87. The largest absolute Gasteiger partial charge is 0.332 e. The van der Waals surface area contributed by atoms with E-state index in [0.717, 1.165) is 24.9 Å². The molecule has 0 spiro atoms. The van der Waals surface area contributed by atoms with Gasteiger partial charge in [-0.2, -0.15) is 0 Å². The molecule has 0 bridgehead atoms. The maximum absolute atomic E-state index is 13.1. The van der Waals surface area contributed by atoms with Gasteiger partial charge in [-0.25, -0.2) is 8.42 Å². The molecule has 4 rings (SSSR count). The SMILES string of the molecule is O=C(c1cccc(N2CCCS2(=O)=O)c1)N1CCCC1c1ccccc1. The highest BCUT2D eigenvalue weighted by molar-refractivity contribution is 7.93. The Kier molecular flexibility index (Phi) is 4.44. The number of hydrogen-bond donors (Lipinski definition) is 0. The molecule has 1 atom stereocenters. The highest BCUT2D eigenvalue weighted by Crippen LogP contribution is 2.33. The van der Waals surface area contributed by atoms with Gasteiger partial charge in [-0.15, -0.1) is 0 Å². The number of amides is 1. The van der Waals surface area contributed by atoms with Crippen molar-refractivity contribution in [1.82, 2.24) is 4.90 Å². The standard InChI is InChI=1S/C20H22N2O3S/c23-20(21-12-5-11-19(21)16-7-2-1-3-8-16)17-9-4-10-18(15-17)22-13-6-14-26(22,24)25/h1-4,7-10,15,19H,5-6,11-14H2. The summed E-state index contributed by atoms with van der Waals surface area (Å²) in [7, 11) is -3.25. The molecule has 2 aromatic carbocycles. The number of rotatable bonds is 3. The van der Waals surface area contributed by atoms with Crippen molar-refractivity contribution in [2.45, 2.75) is 25.3 Å². The fourth-order valence-electron chi connectivity index (χ4n) is 3.92. The Morgan fingerprint density at radius 3 is 2.50 bits per heavy atom. The molecule has 2 saturated heterocycles. The van der Waals surface area contributed by atoms with Crippen LogP contribution in [0.1, 0.15) is 41.2 Å². The predicted molar refractivity (Wildman–Crippen MR) is 102 cm³/mol. The molecule has 26 heavy (non-hydrogen) atoms. The minimum Gasteiger partial charge on any atom is -0.332 e. The minimum absolute atomic E-state index is 0.0326. The van der Waals surface area contributed by atoms with Crippen LogP contribution in [0.15, 0.2) is 54.6 Å². The van der Waals surface area contributed by atoms with Gasteiger partial charge in [0.25, 0.3) is 5.91 Å². The molecule has 0 saturated carbocycles. The molecule has 2 fully saturated rings. The van der Waals surface area contributed by atoms with E-state index in [1.807, 2.05) is 23.1 Å². The Morgan fingerprint density at radius 1 is 0.962 bits per heavy atom. The Labute approximate surface area is 154 Å². The van der Waals surface area contributed by atoms with Gasteiger partial charge in [0.1, 0.15) is 0 Å². The molecule has 5 nitrogen and oxygen atoms in total. The van der Waals surface area contributed by atoms with Gasteiger partial charge in [-0.3, -0.25) is 9.10 Å². The second kappa shape index (κ2) is 6.76. The molecular formula is C20H22N2O3S. The van der Waals surface area contributed by atoms with E-state index in [-0.39, 0.29) is 17.7 Å². The third-order valence-corrected chi connectivity index (χ3v) is 7.05. The Bertz CT molecular complexity index is 912. The van der Waals surface area contributed by atoms with Crippen molar-refractivity contribution in [3.63, 3.8) is 0 Å². The van der Waals surface area contributed by atoms with E-state index < -0.39 is 10.0 Å². The van der Waals surface area contributed by atoms with Gasteiger partial charge >= 0.3 is 0 Å². The van der Waals surface area contributed by atoms with Gasteiger partial charge in [-0.1, -0.05) is 36.4 Å². The lowest BCUT2D eigenvalue weighted by Gasteiger charge is -2.26. The first kappa shape index (κ1) is 17.1. The van der Waals surface area contributed by atoms with Crippen molar-refractivity contribution in [2.24, 2.45) is 0 Å². The lowest BCUT2D eigenvalue weighted by Crippen LogP contribution is -2.31. The van der Waals surface area contributed by atoms with Crippen molar-refractivity contribution in [1.29, 1.82) is 0 Å². The molecule has 0 N–H and O–H groups in total. The van der Waals surface area contributed by atoms with E-state index in [4.69, 9.17) is 0 Å². The molecule has 0 aliphatic carbocycles. The lowest BCUT2D eigenvalue weighted by molar-refractivity contribution is 0.0735. The average Bonchev–Trinajstić information content (AvgIpc) is 3.28. The number of carbonyl (C=O) groups excluding carboxylic acids is 1. The van der Waals surface area contributed by atoms with Crippen LogP contribution >= 0.6 is 0 Å². The van der Waals surface area contributed by atoms with Crippen LogP contribution in [0.2, 0.25) is 0 Å². The van der Waals surface area contributed by atoms with Crippen molar-refractivity contribution >= 4 is 21.6 Å². The van der Waals surface area contributed by atoms with E-state index in [1.54, 1.807) is 24.3 Å². The summed E-state index contributed by atoms with van der Waals surface area (Å²) in [5.41, 5.74) is 2.29. The molecular weight excluding hydrogens is 348 g/mol. The van der Waals surface area contributed by atoms with Gasteiger partial charge in [0.05, 0.1) is 17.5 Å². The highest BCUT2D eigenvalue weighted by Gasteiger charge is 2.32. The quantitative estimate of drug-likeness (QED) is 0.834. The van der Waals surface area contributed by atoms with Crippen molar-refractivity contribution in [3.8, 4) is 0 Å². The summed E-state index contributed by atoms with van der Waals surface area (Å²) in [4.78, 5) is 15.0. The molecule has 2 heterocycles. The van der Waals surface area contributed by atoms with E-state index in [9.17, 15) is 13.2 Å².